The molecule has 0 fully saturated rings. The summed E-state index contributed by atoms with van der Waals surface area (Å²) < 4.78 is 55.3. The molecule has 2 N–H and O–H groups in total. The zero-order chi connectivity index (χ0) is 14.8. The monoisotopic (exact) mass is 406 g/mol. The van der Waals surface area contributed by atoms with Gasteiger partial charge in [0.1, 0.15) is 5.75 Å². The van der Waals surface area contributed by atoms with E-state index < -0.39 is 34.0 Å². The van der Waals surface area contributed by atoms with Crippen LogP contribution in [0.3, 0.4) is 0 Å². The number of phenols is 1. The fourth-order valence-corrected chi connectivity index (χ4v) is 1.91. The van der Waals surface area contributed by atoms with Crippen molar-refractivity contribution in [2.75, 3.05) is 0 Å². The Balaban J connectivity index is 2.79. The van der Waals surface area contributed by atoms with E-state index >= 15 is 0 Å². The zero-order valence-electron chi connectivity index (χ0n) is 9.31. The van der Waals surface area contributed by atoms with Gasteiger partial charge in [-0.05, 0) is 34.7 Å². The highest BCUT2D eigenvalue weighted by Gasteiger charge is 2.43. The molecule has 0 saturated carbocycles. The van der Waals surface area contributed by atoms with Crippen molar-refractivity contribution in [3.05, 3.63) is 27.3 Å². The maximum Gasteiger partial charge on any atom is 0.370 e. The maximum absolute atomic E-state index is 12.9. The molecule has 0 bridgehead atoms. The van der Waals surface area contributed by atoms with Crippen LogP contribution < -0.4 is 0 Å². The zero-order valence-corrected chi connectivity index (χ0v) is 12.3. The van der Waals surface area contributed by atoms with E-state index in [0.29, 0.717) is 3.57 Å². The lowest BCUT2D eigenvalue weighted by Crippen LogP contribution is -2.28. The topological polar surface area (TPSA) is 91.7 Å². The maximum atomic E-state index is 12.9. The van der Waals surface area contributed by atoms with Gasteiger partial charge in [-0.1, -0.05) is 6.07 Å². The van der Waals surface area contributed by atoms with Crippen LogP contribution in [0, 0.1) is 3.57 Å². The first kappa shape index (κ1) is 16.2. The SMILES string of the molecule is O=C(CCC(F)(F)S(=O)(=O)O)c1ccc(I)c(O)c1. The highest BCUT2D eigenvalue weighted by Crippen LogP contribution is 2.28. The van der Waals surface area contributed by atoms with Crippen LogP contribution in [0.25, 0.3) is 0 Å². The molecule has 106 valence electrons. The number of carbonyl (C=O) groups is 1. The summed E-state index contributed by atoms with van der Waals surface area (Å²) in [6.07, 6.45) is -2.09. The molecular weight excluding hydrogens is 397 g/mol. The van der Waals surface area contributed by atoms with Crippen LogP contribution >= 0.6 is 22.6 Å². The molecule has 0 aromatic heterocycles. The number of ketones is 1. The predicted molar refractivity (Wildman–Crippen MR) is 70.9 cm³/mol. The quantitative estimate of drug-likeness (QED) is 0.446. The molecule has 0 unspecified atom stereocenters. The van der Waals surface area contributed by atoms with Crippen molar-refractivity contribution in [3.8, 4) is 5.75 Å². The Morgan fingerprint density at radius 2 is 1.95 bits per heavy atom. The number of aromatic hydroxyl groups is 1. The molecule has 1 aromatic rings. The average molecular weight is 406 g/mol. The van der Waals surface area contributed by atoms with Gasteiger partial charge in [0.2, 0.25) is 0 Å². The molecule has 1 aromatic carbocycles. The Kier molecular flexibility index (Phi) is 4.85. The summed E-state index contributed by atoms with van der Waals surface area (Å²) in [5.41, 5.74) is -0.0101. The number of hydrogen-bond donors (Lipinski definition) is 2. The van der Waals surface area contributed by atoms with E-state index in [1.54, 1.807) is 0 Å². The smallest absolute Gasteiger partial charge is 0.370 e. The van der Waals surface area contributed by atoms with Gasteiger partial charge in [0.15, 0.2) is 5.78 Å². The van der Waals surface area contributed by atoms with Crippen molar-refractivity contribution in [1.29, 1.82) is 0 Å². The van der Waals surface area contributed by atoms with Crippen molar-refractivity contribution < 1.29 is 31.7 Å². The van der Waals surface area contributed by atoms with Gasteiger partial charge in [0.25, 0.3) is 0 Å². The Morgan fingerprint density at radius 3 is 2.42 bits per heavy atom. The minimum atomic E-state index is -5.53. The average Bonchev–Trinajstić information content (AvgIpc) is 2.28. The number of alkyl halides is 2. The number of halogens is 3. The van der Waals surface area contributed by atoms with Crippen LogP contribution in [-0.2, 0) is 10.1 Å². The number of Topliss-reactive ketones (excluding diaryl/α,β-unsaturated/α-hetero) is 1. The van der Waals surface area contributed by atoms with E-state index in [2.05, 4.69) is 0 Å². The Labute approximate surface area is 121 Å². The molecule has 0 heterocycles. The van der Waals surface area contributed by atoms with Gasteiger partial charge in [-0.15, -0.1) is 0 Å². The molecule has 0 amide bonds. The number of hydrogen-bond acceptors (Lipinski definition) is 4. The van der Waals surface area contributed by atoms with Crippen molar-refractivity contribution in [2.24, 2.45) is 0 Å². The van der Waals surface area contributed by atoms with Crippen LogP contribution in [0.15, 0.2) is 18.2 Å². The minimum Gasteiger partial charge on any atom is -0.507 e. The lowest BCUT2D eigenvalue weighted by molar-refractivity contribution is 0.0638. The third-order valence-electron chi connectivity index (χ3n) is 2.29. The van der Waals surface area contributed by atoms with Gasteiger partial charge in [-0.25, -0.2) is 0 Å². The van der Waals surface area contributed by atoms with Crippen LogP contribution in [0.1, 0.15) is 23.2 Å². The molecule has 1 rings (SSSR count). The van der Waals surface area contributed by atoms with Crippen LogP contribution in [0.2, 0.25) is 0 Å². The van der Waals surface area contributed by atoms with E-state index in [4.69, 9.17) is 4.55 Å². The Hall–Kier alpha value is -0.810. The summed E-state index contributed by atoms with van der Waals surface area (Å²) in [5.74, 6) is -0.928. The second-order valence-corrected chi connectivity index (χ2v) is 6.41. The molecule has 0 radical (unpaired) electrons. The second-order valence-electron chi connectivity index (χ2n) is 3.70. The predicted octanol–water partition coefficient (Wildman–Crippen LogP) is 2.44. The van der Waals surface area contributed by atoms with Crippen LogP contribution in [0.4, 0.5) is 8.78 Å². The summed E-state index contributed by atoms with van der Waals surface area (Å²) in [4.78, 5) is 11.6. The first-order valence-corrected chi connectivity index (χ1v) is 7.43. The molecule has 0 aliphatic rings. The molecule has 5 nitrogen and oxygen atoms in total. The number of benzene rings is 1. The van der Waals surface area contributed by atoms with Gasteiger partial charge < -0.3 is 5.11 Å². The molecule has 0 saturated heterocycles. The van der Waals surface area contributed by atoms with Crippen molar-refractivity contribution in [1.82, 2.24) is 0 Å². The largest absolute Gasteiger partial charge is 0.507 e. The lowest BCUT2D eigenvalue weighted by Gasteiger charge is -2.12. The highest BCUT2D eigenvalue weighted by molar-refractivity contribution is 14.1. The van der Waals surface area contributed by atoms with Gasteiger partial charge >= 0.3 is 15.4 Å². The summed E-state index contributed by atoms with van der Waals surface area (Å²) in [6, 6.07) is 3.86. The van der Waals surface area contributed by atoms with E-state index in [0.717, 1.165) is 6.07 Å². The summed E-state index contributed by atoms with van der Waals surface area (Å²) >= 11 is 1.82. The molecule has 19 heavy (non-hydrogen) atoms. The fraction of sp³-hybridized carbons (Fsp3) is 0.300. The first-order chi connectivity index (χ1) is 8.54. The molecule has 0 aliphatic heterocycles. The Morgan fingerprint density at radius 1 is 1.37 bits per heavy atom. The first-order valence-electron chi connectivity index (χ1n) is 4.91. The summed E-state index contributed by atoms with van der Waals surface area (Å²) in [7, 11) is -5.53. The third-order valence-corrected chi connectivity index (χ3v) is 4.16. The van der Waals surface area contributed by atoms with Gasteiger partial charge in [-0.2, -0.15) is 17.2 Å². The van der Waals surface area contributed by atoms with Crippen LogP contribution in [-0.4, -0.2) is 29.1 Å². The van der Waals surface area contributed by atoms with Crippen LogP contribution in [0.5, 0.6) is 5.75 Å². The third kappa shape index (κ3) is 4.08. The van der Waals surface area contributed by atoms with Gasteiger partial charge in [-0.3, -0.25) is 9.35 Å². The van der Waals surface area contributed by atoms with Gasteiger partial charge in [0, 0.05) is 18.4 Å². The van der Waals surface area contributed by atoms with E-state index in [1.165, 1.54) is 12.1 Å². The van der Waals surface area contributed by atoms with E-state index in [9.17, 15) is 27.1 Å². The molecule has 0 atom stereocenters. The van der Waals surface area contributed by atoms with E-state index in [-0.39, 0.29) is 11.3 Å². The van der Waals surface area contributed by atoms with Crippen molar-refractivity contribution >= 4 is 38.5 Å². The van der Waals surface area contributed by atoms with E-state index in [1.807, 2.05) is 22.6 Å². The molecule has 0 aliphatic carbocycles. The summed E-state index contributed by atoms with van der Waals surface area (Å²) in [5, 5.41) is 5.00. The second kappa shape index (κ2) is 5.67. The normalized spacial score (nSPS) is 12.4. The fourth-order valence-electron chi connectivity index (χ4n) is 1.22. The summed E-state index contributed by atoms with van der Waals surface area (Å²) in [6.45, 7) is 0. The number of rotatable bonds is 5. The molecule has 0 spiro atoms. The molecular formula is C10H9F2IO5S. The highest BCUT2D eigenvalue weighted by atomic mass is 127. The standard InChI is InChI=1S/C10H9F2IO5S/c11-10(12,19(16,17)18)4-3-8(14)6-1-2-7(13)9(15)5-6/h1-2,5,15H,3-4H2,(H,16,17,18). The minimum absolute atomic E-state index is 0.0101. The number of carbonyl (C=O) groups excluding carboxylic acids is 1. The Bertz CT molecular complexity index is 600. The van der Waals surface area contributed by atoms with Crippen molar-refractivity contribution in [2.45, 2.75) is 18.1 Å². The molecule has 9 heteroatoms. The number of phenolic OH excluding ortho intramolecular Hbond substituents is 1. The lowest BCUT2D eigenvalue weighted by atomic mass is 10.1. The van der Waals surface area contributed by atoms with Gasteiger partial charge in [0.05, 0.1) is 3.57 Å². The van der Waals surface area contributed by atoms with Crippen molar-refractivity contribution in [3.63, 3.8) is 0 Å².